The molecule has 1 aromatic carbocycles. The van der Waals surface area contributed by atoms with Gasteiger partial charge in [-0.2, -0.15) is 0 Å². The normalized spacial score (nSPS) is 22.4. The lowest BCUT2D eigenvalue weighted by Gasteiger charge is -2.44. The first-order chi connectivity index (χ1) is 12.0. The van der Waals surface area contributed by atoms with E-state index in [4.69, 9.17) is 0 Å². The number of anilines is 1. The van der Waals surface area contributed by atoms with E-state index in [2.05, 4.69) is 15.6 Å². The molecule has 6 heteroatoms. The first kappa shape index (κ1) is 15.7. The number of carbonyl (C=O) groups excluding carboxylic acids is 1. The molecule has 0 saturated carbocycles. The van der Waals surface area contributed by atoms with Gasteiger partial charge < -0.3 is 20.7 Å². The molecule has 6 nitrogen and oxygen atoms in total. The number of aromatic amines is 1. The van der Waals surface area contributed by atoms with Crippen molar-refractivity contribution in [1.82, 2.24) is 10.3 Å². The second-order valence-electron chi connectivity index (χ2n) is 6.46. The first-order valence-corrected chi connectivity index (χ1v) is 8.35. The van der Waals surface area contributed by atoms with Crippen molar-refractivity contribution >= 4 is 11.5 Å². The lowest BCUT2D eigenvalue weighted by molar-refractivity contribution is -0.134. The van der Waals surface area contributed by atoms with Crippen LogP contribution in [-0.4, -0.2) is 21.5 Å². The molecule has 25 heavy (non-hydrogen) atoms. The van der Waals surface area contributed by atoms with Gasteiger partial charge in [0.1, 0.15) is 11.4 Å². The van der Waals surface area contributed by atoms with E-state index in [1.165, 1.54) is 6.20 Å². The molecule has 2 heterocycles. The van der Waals surface area contributed by atoms with Gasteiger partial charge in [0.25, 0.3) is 5.56 Å². The Bertz CT molecular complexity index is 932. The number of pyridine rings is 1. The van der Waals surface area contributed by atoms with Crippen LogP contribution in [0.1, 0.15) is 30.5 Å². The highest BCUT2D eigenvalue weighted by molar-refractivity contribution is 6.13. The van der Waals surface area contributed by atoms with Gasteiger partial charge in [0.05, 0.1) is 11.7 Å². The molecule has 2 aromatic rings. The van der Waals surface area contributed by atoms with E-state index in [0.29, 0.717) is 22.6 Å². The Kier molecular flexibility index (Phi) is 3.51. The predicted molar refractivity (Wildman–Crippen MR) is 94.0 cm³/mol. The Morgan fingerprint density at radius 1 is 1.24 bits per heavy atom. The van der Waals surface area contributed by atoms with Gasteiger partial charge in [-0.25, -0.2) is 0 Å². The van der Waals surface area contributed by atoms with Gasteiger partial charge in [0, 0.05) is 12.6 Å². The van der Waals surface area contributed by atoms with Crippen molar-refractivity contribution in [2.45, 2.75) is 31.4 Å². The third-order valence-electron chi connectivity index (χ3n) is 4.94. The molecule has 0 bridgehead atoms. The molecule has 0 amide bonds. The fourth-order valence-electron chi connectivity index (χ4n) is 3.54. The minimum Gasteiger partial charge on any atom is -0.375 e. The molecule has 0 radical (unpaired) electrons. The van der Waals surface area contributed by atoms with Crippen LogP contribution in [0.5, 0.6) is 0 Å². The number of hydrogen-bond acceptors (Lipinski definition) is 5. The molecule has 1 aromatic heterocycles. The highest BCUT2D eigenvalue weighted by Crippen LogP contribution is 2.42. The van der Waals surface area contributed by atoms with E-state index in [0.717, 1.165) is 12.0 Å². The maximum absolute atomic E-state index is 12.6. The van der Waals surface area contributed by atoms with Crippen LogP contribution < -0.4 is 16.2 Å². The fraction of sp³-hybridized carbons (Fsp3) is 0.263. The van der Waals surface area contributed by atoms with Crippen molar-refractivity contribution in [3.05, 3.63) is 75.5 Å². The average molecular weight is 337 g/mol. The number of ketones is 1. The van der Waals surface area contributed by atoms with Gasteiger partial charge >= 0.3 is 0 Å². The molecule has 0 spiro atoms. The van der Waals surface area contributed by atoms with Crippen LogP contribution in [0.3, 0.4) is 0 Å². The summed E-state index contributed by atoms with van der Waals surface area (Å²) in [4.78, 5) is 27.2. The molecule has 128 valence electrons. The Labute approximate surface area is 144 Å². The predicted octanol–water partition coefficient (Wildman–Crippen LogP) is 1.61. The highest BCUT2D eigenvalue weighted by Gasteiger charge is 2.56. The van der Waals surface area contributed by atoms with Crippen LogP contribution in [0.2, 0.25) is 0 Å². The fourth-order valence-corrected chi connectivity index (χ4v) is 3.54. The monoisotopic (exact) mass is 337 g/mol. The second kappa shape index (κ2) is 5.60. The van der Waals surface area contributed by atoms with Crippen molar-refractivity contribution < 1.29 is 9.90 Å². The van der Waals surface area contributed by atoms with Gasteiger partial charge in [-0.15, -0.1) is 0 Å². The summed E-state index contributed by atoms with van der Waals surface area (Å²) in [5.74, 6) is -0.338. The number of aromatic nitrogens is 1. The summed E-state index contributed by atoms with van der Waals surface area (Å²) in [6.45, 7) is 2.03. The smallest absolute Gasteiger partial charge is 0.271 e. The Hall–Kier alpha value is -2.86. The van der Waals surface area contributed by atoms with E-state index < -0.39 is 5.60 Å². The molecule has 1 unspecified atom stereocenters. The Morgan fingerprint density at radius 2 is 2.00 bits per heavy atom. The largest absolute Gasteiger partial charge is 0.375 e. The lowest BCUT2D eigenvalue weighted by atomic mass is 9.73. The van der Waals surface area contributed by atoms with Crippen molar-refractivity contribution in [3.63, 3.8) is 0 Å². The van der Waals surface area contributed by atoms with Crippen molar-refractivity contribution in [2.75, 3.05) is 5.32 Å². The molecule has 1 aliphatic heterocycles. The Morgan fingerprint density at radius 3 is 2.72 bits per heavy atom. The van der Waals surface area contributed by atoms with Crippen molar-refractivity contribution in [2.24, 2.45) is 0 Å². The summed E-state index contributed by atoms with van der Waals surface area (Å²) < 4.78 is 0. The first-order valence-electron chi connectivity index (χ1n) is 8.35. The van der Waals surface area contributed by atoms with Crippen molar-refractivity contribution in [1.29, 1.82) is 0 Å². The van der Waals surface area contributed by atoms with Crippen LogP contribution in [0, 0.1) is 0 Å². The number of H-pyrrole nitrogens is 1. The van der Waals surface area contributed by atoms with Gasteiger partial charge in [0.15, 0.2) is 5.60 Å². The second-order valence-corrected chi connectivity index (χ2v) is 6.46. The highest BCUT2D eigenvalue weighted by atomic mass is 16.3. The quantitative estimate of drug-likeness (QED) is 0.680. The SMILES string of the molecule is CC[C@@H](NC1=C2Nc3c(cc[nH]c3=O)CC2(O)C1=O)c1ccccc1. The van der Waals surface area contributed by atoms with Crippen LogP contribution in [-0.2, 0) is 11.2 Å². The minimum absolute atomic E-state index is 0.0468. The van der Waals surface area contributed by atoms with E-state index >= 15 is 0 Å². The summed E-state index contributed by atoms with van der Waals surface area (Å²) in [6, 6.07) is 11.5. The maximum Gasteiger partial charge on any atom is 0.271 e. The molecule has 4 rings (SSSR count). The van der Waals surface area contributed by atoms with Crippen LogP contribution in [0.25, 0.3) is 0 Å². The number of carbonyl (C=O) groups is 1. The number of fused-ring (bicyclic) bond motifs is 2. The number of hydrogen-bond donors (Lipinski definition) is 4. The Balaban J connectivity index is 1.70. The average Bonchev–Trinajstić information content (AvgIpc) is 2.63. The van der Waals surface area contributed by atoms with E-state index in [9.17, 15) is 14.7 Å². The number of rotatable bonds is 4. The zero-order valence-electron chi connectivity index (χ0n) is 13.8. The summed E-state index contributed by atoms with van der Waals surface area (Å²) >= 11 is 0. The maximum atomic E-state index is 12.6. The zero-order chi connectivity index (χ0) is 17.6. The number of nitrogens with one attached hydrogen (secondary N) is 3. The van der Waals surface area contributed by atoms with Crippen LogP contribution in [0.15, 0.2) is 58.8 Å². The summed E-state index contributed by atoms with van der Waals surface area (Å²) in [6.07, 6.45) is 2.41. The molecule has 0 saturated heterocycles. The van der Waals surface area contributed by atoms with Gasteiger partial charge in [-0.1, -0.05) is 37.3 Å². The van der Waals surface area contributed by atoms with E-state index in [1.807, 2.05) is 37.3 Å². The number of aliphatic hydroxyl groups is 1. The standard InChI is InChI=1S/C19H19N3O3/c1-2-13(11-6-4-3-5-7-11)21-15-16-19(25,17(15)23)10-12-8-9-20-18(24)14(12)22-16/h3-9,13,21-22,25H,2,10H2,1H3,(H,20,24)/t13-,19?/m1/s1. The van der Waals surface area contributed by atoms with Crippen LogP contribution in [0.4, 0.5) is 5.69 Å². The minimum atomic E-state index is -1.57. The van der Waals surface area contributed by atoms with Gasteiger partial charge in [0.2, 0.25) is 5.78 Å². The third-order valence-corrected chi connectivity index (χ3v) is 4.94. The topological polar surface area (TPSA) is 94.2 Å². The lowest BCUT2D eigenvalue weighted by Crippen LogP contribution is -2.60. The molecule has 2 atom stereocenters. The molecular weight excluding hydrogens is 318 g/mol. The van der Waals surface area contributed by atoms with Gasteiger partial charge in [-0.3, -0.25) is 9.59 Å². The molecule has 0 fully saturated rings. The van der Waals surface area contributed by atoms with E-state index in [1.54, 1.807) is 6.07 Å². The third kappa shape index (κ3) is 2.29. The summed E-state index contributed by atoms with van der Waals surface area (Å²) in [7, 11) is 0. The zero-order valence-corrected chi connectivity index (χ0v) is 13.8. The number of benzene rings is 1. The van der Waals surface area contributed by atoms with Gasteiger partial charge in [-0.05, 0) is 23.6 Å². The summed E-state index contributed by atoms with van der Waals surface area (Å²) in [5.41, 5.74) is 0.997. The van der Waals surface area contributed by atoms with Crippen molar-refractivity contribution in [3.8, 4) is 0 Å². The molecule has 1 aliphatic carbocycles. The van der Waals surface area contributed by atoms with E-state index in [-0.39, 0.29) is 23.8 Å². The van der Waals surface area contributed by atoms with Crippen LogP contribution >= 0.6 is 0 Å². The molecular formula is C19H19N3O3. The number of Topliss-reactive ketones (excluding diaryl/α,β-unsaturated/α-hetero) is 1. The molecule has 2 aliphatic rings. The molecule has 4 N–H and O–H groups in total. The summed E-state index contributed by atoms with van der Waals surface area (Å²) in [5, 5.41) is 16.9.